The monoisotopic (exact) mass is 182 g/mol. The number of nitrogens with zero attached hydrogens (tertiary/aromatic N) is 1. The van der Waals surface area contributed by atoms with Gasteiger partial charge in [0.2, 0.25) is 0 Å². The minimum atomic E-state index is 0.161. The van der Waals surface area contributed by atoms with Crippen LogP contribution >= 0.6 is 0 Å². The molecule has 74 valence electrons. The Bertz CT molecular complexity index is 201. The maximum absolute atomic E-state index is 11.6. The molecule has 1 unspecified atom stereocenters. The molecule has 1 aliphatic heterocycles. The first-order chi connectivity index (χ1) is 6.25. The lowest BCUT2D eigenvalue weighted by Crippen LogP contribution is -2.45. The first-order valence-corrected chi connectivity index (χ1v) is 5.31. The predicted molar refractivity (Wildman–Crippen MR) is 51.5 cm³/mol. The molecule has 3 heteroatoms. The third-order valence-corrected chi connectivity index (χ3v) is 2.85. The number of urea groups is 1. The first kappa shape index (κ1) is 8.85. The van der Waals surface area contributed by atoms with Gasteiger partial charge < -0.3 is 10.2 Å². The van der Waals surface area contributed by atoms with Crippen molar-refractivity contribution in [2.45, 2.75) is 38.6 Å². The number of carbonyl (C=O) groups excluding carboxylic acids is 1. The smallest absolute Gasteiger partial charge is 0.317 e. The largest absolute Gasteiger partial charge is 0.335 e. The second-order valence-electron chi connectivity index (χ2n) is 4.42. The number of hydrogen-bond acceptors (Lipinski definition) is 1. The number of carbonyl (C=O) groups is 1. The van der Waals surface area contributed by atoms with Crippen molar-refractivity contribution in [1.82, 2.24) is 10.2 Å². The van der Waals surface area contributed by atoms with Gasteiger partial charge in [-0.25, -0.2) is 4.79 Å². The Hall–Kier alpha value is -0.730. The summed E-state index contributed by atoms with van der Waals surface area (Å²) < 4.78 is 0. The Morgan fingerprint density at radius 2 is 2.15 bits per heavy atom. The van der Waals surface area contributed by atoms with Crippen LogP contribution in [0, 0.1) is 5.92 Å². The zero-order valence-electron chi connectivity index (χ0n) is 8.25. The maximum atomic E-state index is 11.6. The fraction of sp³-hybridized carbons (Fsp3) is 0.900. The van der Waals surface area contributed by atoms with Crippen LogP contribution in [0.25, 0.3) is 0 Å². The summed E-state index contributed by atoms with van der Waals surface area (Å²) in [5.41, 5.74) is 0. The van der Waals surface area contributed by atoms with Crippen LogP contribution in [0.5, 0.6) is 0 Å². The Kier molecular flexibility index (Phi) is 2.42. The number of nitrogens with one attached hydrogen (secondary N) is 1. The van der Waals surface area contributed by atoms with Gasteiger partial charge in [0.05, 0.1) is 0 Å². The molecule has 3 nitrogen and oxygen atoms in total. The molecule has 0 aromatic rings. The quantitative estimate of drug-likeness (QED) is 0.656. The van der Waals surface area contributed by atoms with E-state index in [9.17, 15) is 4.79 Å². The highest BCUT2D eigenvalue weighted by atomic mass is 16.2. The number of piperidine rings is 1. The third kappa shape index (κ3) is 2.36. The van der Waals surface area contributed by atoms with Gasteiger partial charge in [-0.1, -0.05) is 6.92 Å². The molecule has 0 aromatic heterocycles. The van der Waals surface area contributed by atoms with Crippen LogP contribution in [0.1, 0.15) is 32.6 Å². The van der Waals surface area contributed by atoms with E-state index in [1.165, 1.54) is 25.7 Å². The molecular formula is C10H18N2O. The minimum absolute atomic E-state index is 0.161. The van der Waals surface area contributed by atoms with E-state index in [1.54, 1.807) is 0 Å². The summed E-state index contributed by atoms with van der Waals surface area (Å²) in [6.45, 7) is 4.11. The zero-order valence-corrected chi connectivity index (χ0v) is 8.25. The molecule has 1 saturated heterocycles. The molecule has 1 heterocycles. The summed E-state index contributed by atoms with van der Waals surface area (Å²) in [4.78, 5) is 13.6. The second kappa shape index (κ2) is 3.56. The summed E-state index contributed by atoms with van der Waals surface area (Å²) in [6, 6.07) is 0.652. The van der Waals surface area contributed by atoms with Gasteiger partial charge in [-0.15, -0.1) is 0 Å². The van der Waals surface area contributed by atoms with Crippen LogP contribution < -0.4 is 5.32 Å². The highest BCUT2D eigenvalue weighted by Crippen LogP contribution is 2.20. The number of hydrogen-bond donors (Lipinski definition) is 1. The van der Waals surface area contributed by atoms with Gasteiger partial charge in [-0.2, -0.15) is 0 Å². The highest BCUT2D eigenvalue weighted by molar-refractivity contribution is 5.74. The molecule has 2 aliphatic rings. The molecule has 1 saturated carbocycles. The molecule has 0 bridgehead atoms. The first-order valence-electron chi connectivity index (χ1n) is 5.31. The van der Waals surface area contributed by atoms with E-state index in [1.807, 2.05) is 4.90 Å². The Morgan fingerprint density at radius 1 is 1.38 bits per heavy atom. The maximum Gasteiger partial charge on any atom is 0.317 e. The summed E-state index contributed by atoms with van der Waals surface area (Å²) >= 11 is 0. The molecule has 2 fully saturated rings. The Morgan fingerprint density at radius 3 is 2.77 bits per heavy atom. The molecule has 0 aromatic carbocycles. The van der Waals surface area contributed by atoms with Gasteiger partial charge in [0.1, 0.15) is 0 Å². The van der Waals surface area contributed by atoms with Crippen molar-refractivity contribution in [3.8, 4) is 0 Å². The van der Waals surface area contributed by atoms with E-state index in [-0.39, 0.29) is 6.03 Å². The van der Waals surface area contributed by atoms with Crippen LogP contribution in [0.15, 0.2) is 0 Å². The van der Waals surface area contributed by atoms with E-state index in [2.05, 4.69) is 12.2 Å². The Labute approximate surface area is 79.5 Å². The van der Waals surface area contributed by atoms with E-state index in [0.717, 1.165) is 13.1 Å². The van der Waals surface area contributed by atoms with Crippen molar-refractivity contribution in [2.75, 3.05) is 13.1 Å². The van der Waals surface area contributed by atoms with Gasteiger partial charge >= 0.3 is 6.03 Å². The van der Waals surface area contributed by atoms with Gasteiger partial charge in [0.25, 0.3) is 0 Å². The van der Waals surface area contributed by atoms with Crippen LogP contribution in [-0.4, -0.2) is 30.1 Å². The van der Waals surface area contributed by atoms with Gasteiger partial charge in [0, 0.05) is 19.1 Å². The topological polar surface area (TPSA) is 32.3 Å². The van der Waals surface area contributed by atoms with Crippen molar-refractivity contribution < 1.29 is 4.79 Å². The van der Waals surface area contributed by atoms with Crippen molar-refractivity contribution in [3.63, 3.8) is 0 Å². The van der Waals surface area contributed by atoms with Crippen molar-refractivity contribution >= 4 is 6.03 Å². The average Bonchev–Trinajstić information content (AvgIpc) is 2.88. The molecule has 0 spiro atoms. The fourth-order valence-electron chi connectivity index (χ4n) is 1.87. The van der Waals surface area contributed by atoms with E-state index in [0.29, 0.717) is 12.0 Å². The number of rotatable bonds is 1. The SMILES string of the molecule is CC1CCCN(C(=O)NC2CC2)C1. The van der Waals surface area contributed by atoms with Crippen molar-refractivity contribution in [3.05, 3.63) is 0 Å². The molecule has 2 rings (SSSR count). The standard InChI is InChI=1S/C10H18N2O/c1-8-3-2-6-12(7-8)10(13)11-9-4-5-9/h8-9H,2-7H2,1H3,(H,11,13). The second-order valence-corrected chi connectivity index (χ2v) is 4.42. The lowest BCUT2D eigenvalue weighted by molar-refractivity contribution is 0.169. The van der Waals surface area contributed by atoms with Crippen LogP contribution in [0.2, 0.25) is 0 Å². The third-order valence-electron chi connectivity index (χ3n) is 2.85. The van der Waals surface area contributed by atoms with E-state index >= 15 is 0 Å². The Balaban J connectivity index is 1.80. The summed E-state index contributed by atoms with van der Waals surface area (Å²) in [6.07, 6.45) is 4.79. The number of amides is 2. The molecular weight excluding hydrogens is 164 g/mol. The zero-order chi connectivity index (χ0) is 9.26. The molecule has 0 radical (unpaired) electrons. The average molecular weight is 182 g/mol. The number of likely N-dealkylation sites (tertiary alicyclic amines) is 1. The highest BCUT2D eigenvalue weighted by Gasteiger charge is 2.27. The molecule has 1 N–H and O–H groups in total. The molecule has 13 heavy (non-hydrogen) atoms. The van der Waals surface area contributed by atoms with E-state index in [4.69, 9.17) is 0 Å². The van der Waals surface area contributed by atoms with E-state index < -0.39 is 0 Å². The van der Waals surface area contributed by atoms with Crippen molar-refractivity contribution in [1.29, 1.82) is 0 Å². The summed E-state index contributed by atoms with van der Waals surface area (Å²) in [5.74, 6) is 0.679. The van der Waals surface area contributed by atoms with Crippen LogP contribution in [0.4, 0.5) is 4.79 Å². The van der Waals surface area contributed by atoms with Gasteiger partial charge in [-0.05, 0) is 31.6 Å². The van der Waals surface area contributed by atoms with Crippen LogP contribution in [0.3, 0.4) is 0 Å². The van der Waals surface area contributed by atoms with Crippen LogP contribution in [-0.2, 0) is 0 Å². The summed E-state index contributed by atoms with van der Waals surface area (Å²) in [5, 5.41) is 3.03. The molecule has 1 atom stereocenters. The van der Waals surface area contributed by atoms with Gasteiger partial charge in [-0.3, -0.25) is 0 Å². The molecule has 1 aliphatic carbocycles. The lowest BCUT2D eigenvalue weighted by Gasteiger charge is -2.30. The summed E-state index contributed by atoms with van der Waals surface area (Å²) in [7, 11) is 0. The predicted octanol–water partition coefficient (Wildman–Crippen LogP) is 1.59. The van der Waals surface area contributed by atoms with Gasteiger partial charge in [0.15, 0.2) is 0 Å². The minimum Gasteiger partial charge on any atom is -0.335 e. The fourth-order valence-corrected chi connectivity index (χ4v) is 1.87. The lowest BCUT2D eigenvalue weighted by atomic mass is 10.0. The normalized spacial score (nSPS) is 28.7. The van der Waals surface area contributed by atoms with Crippen molar-refractivity contribution in [2.24, 2.45) is 5.92 Å². The molecule has 2 amide bonds.